The monoisotopic (exact) mass is 249 g/mol. The van der Waals surface area contributed by atoms with Crippen LogP contribution in [0, 0.1) is 11.3 Å². The van der Waals surface area contributed by atoms with Gasteiger partial charge in [-0.15, -0.1) is 0 Å². The van der Waals surface area contributed by atoms with Crippen molar-refractivity contribution < 1.29 is 9.90 Å². The number of aromatic nitrogens is 2. The van der Waals surface area contributed by atoms with Crippen molar-refractivity contribution in [2.24, 2.45) is 11.3 Å². The molecule has 1 aromatic rings. The van der Waals surface area contributed by atoms with E-state index >= 15 is 0 Å². The minimum absolute atomic E-state index is 0.424. The van der Waals surface area contributed by atoms with E-state index in [2.05, 4.69) is 22.2 Å². The first kappa shape index (κ1) is 12.8. The van der Waals surface area contributed by atoms with Crippen LogP contribution < -0.4 is 5.32 Å². The molecule has 0 aliphatic heterocycles. The molecule has 1 aliphatic carbocycles. The minimum Gasteiger partial charge on any atom is -0.481 e. The molecule has 2 N–H and O–H groups in total. The number of carboxylic acids is 1. The summed E-state index contributed by atoms with van der Waals surface area (Å²) in [7, 11) is 0. The molecule has 1 aromatic heterocycles. The minimum atomic E-state index is -0.703. The van der Waals surface area contributed by atoms with Crippen LogP contribution in [0.3, 0.4) is 0 Å². The smallest absolute Gasteiger partial charge is 0.311 e. The Morgan fingerprint density at radius 2 is 2.22 bits per heavy atom. The van der Waals surface area contributed by atoms with E-state index in [9.17, 15) is 9.90 Å². The molecule has 0 atom stereocenters. The number of aliphatic carboxylic acids is 1. The summed E-state index contributed by atoms with van der Waals surface area (Å²) in [6.07, 6.45) is 8.23. The van der Waals surface area contributed by atoms with Gasteiger partial charge in [-0.2, -0.15) is 0 Å². The van der Waals surface area contributed by atoms with E-state index in [1.807, 2.05) is 0 Å². The topological polar surface area (TPSA) is 75.1 Å². The molecule has 0 radical (unpaired) electrons. The summed E-state index contributed by atoms with van der Waals surface area (Å²) in [4.78, 5) is 19.6. The Kier molecular flexibility index (Phi) is 3.79. The normalized spacial score (nSPS) is 27.7. The largest absolute Gasteiger partial charge is 0.481 e. The number of rotatable bonds is 4. The van der Waals surface area contributed by atoms with Gasteiger partial charge >= 0.3 is 5.97 Å². The zero-order valence-corrected chi connectivity index (χ0v) is 10.6. The Bertz CT molecular complexity index is 400. The molecule has 0 aromatic carbocycles. The maximum absolute atomic E-state index is 11.5. The fourth-order valence-electron chi connectivity index (χ4n) is 2.43. The Hall–Kier alpha value is -1.65. The maximum atomic E-state index is 11.5. The van der Waals surface area contributed by atoms with Gasteiger partial charge in [0.2, 0.25) is 0 Å². The third-order valence-electron chi connectivity index (χ3n) is 3.86. The van der Waals surface area contributed by atoms with Crippen molar-refractivity contribution in [3.05, 3.63) is 18.6 Å². The molecule has 0 saturated heterocycles. The molecule has 0 amide bonds. The number of carboxylic acid groups (broad SMARTS) is 1. The fraction of sp³-hybridized carbons (Fsp3) is 0.615. The Labute approximate surface area is 107 Å². The molecule has 98 valence electrons. The Morgan fingerprint density at radius 3 is 2.78 bits per heavy atom. The van der Waals surface area contributed by atoms with Crippen molar-refractivity contribution in [3.8, 4) is 0 Å². The summed E-state index contributed by atoms with van der Waals surface area (Å²) < 4.78 is 0. The predicted molar refractivity (Wildman–Crippen MR) is 68.2 cm³/mol. The summed E-state index contributed by atoms with van der Waals surface area (Å²) >= 11 is 0. The van der Waals surface area contributed by atoms with Gasteiger partial charge < -0.3 is 10.4 Å². The Morgan fingerprint density at radius 1 is 1.50 bits per heavy atom. The van der Waals surface area contributed by atoms with Gasteiger partial charge in [0.15, 0.2) is 0 Å². The van der Waals surface area contributed by atoms with Crippen molar-refractivity contribution in [1.82, 2.24) is 9.97 Å². The summed E-state index contributed by atoms with van der Waals surface area (Å²) in [6.45, 7) is 2.61. The molecule has 1 fully saturated rings. The molecule has 5 heteroatoms. The standard InChI is InChI=1S/C13H19N3O2/c1-10-2-4-13(5-3-10,12(17)18)9-16-11-8-14-6-7-15-11/h6-8,10H,2-5,9H2,1H3,(H,15,16)(H,17,18). The van der Waals surface area contributed by atoms with E-state index in [1.54, 1.807) is 18.6 Å². The van der Waals surface area contributed by atoms with Crippen molar-refractivity contribution in [3.63, 3.8) is 0 Å². The Balaban J connectivity index is 2.01. The van der Waals surface area contributed by atoms with Gasteiger partial charge in [-0.1, -0.05) is 6.92 Å². The number of nitrogens with zero attached hydrogens (tertiary/aromatic N) is 2. The van der Waals surface area contributed by atoms with Crippen molar-refractivity contribution in [2.45, 2.75) is 32.6 Å². The first-order valence-electron chi connectivity index (χ1n) is 6.36. The van der Waals surface area contributed by atoms with E-state index in [0.717, 1.165) is 25.7 Å². The van der Waals surface area contributed by atoms with E-state index in [1.165, 1.54) is 0 Å². The van der Waals surface area contributed by atoms with Crippen LogP contribution in [0.25, 0.3) is 0 Å². The number of carbonyl (C=O) groups is 1. The van der Waals surface area contributed by atoms with Gasteiger partial charge in [-0.3, -0.25) is 9.78 Å². The molecule has 1 saturated carbocycles. The average Bonchev–Trinajstić information content (AvgIpc) is 2.39. The summed E-state index contributed by atoms with van der Waals surface area (Å²) in [6, 6.07) is 0. The highest BCUT2D eigenvalue weighted by atomic mass is 16.4. The third-order valence-corrected chi connectivity index (χ3v) is 3.86. The number of anilines is 1. The molecule has 18 heavy (non-hydrogen) atoms. The van der Waals surface area contributed by atoms with Crippen LogP contribution in [-0.4, -0.2) is 27.6 Å². The average molecular weight is 249 g/mol. The highest BCUT2D eigenvalue weighted by Gasteiger charge is 2.41. The SMILES string of the molecule is CC1CCC(CNc2cnccn2)(C(=O)O)CC1. The number of nitrogens with one attached hydrogen (secondary N) is 1. The van der Waals surface area contributed by atoms with Gasteiger partial charge in [-0.25, -0.2) is 4.98 Å². The zero-order valence-electron chi connectivity index (χ0n) is 10.6. The van der Waals surface area contributed by atoms with Crippen molar-refractivity contribution in [2.75, 3.05) is 11.9 Å². The second-order valence-corrected chi connectivity index (χ2v) is 5.21. The van der Waals surface area contributed by atoms with Crippen LogP contribution in [0.1, 0.15) is 32.6 Å². The quantitative estimate of drug-likeness (QED) is 0.855. The molecule has 0 bridgehead atoms. The van der Waals surface area contributed by atoms with Crippen LogP contribution in [0.5, 0.6) is 0 Å². The van der Waals surface area contributed by atoms with Crippen molar-refractivity contribution >= 4 is 11.8 Å². The first-order chi connectivity index (χ1) is 8.62. The van der Waals surface area contributed by atoms with Crippen LogP contribution in [0.15, 0.2) is 18.6 Å². The van der Waals surface area contributed by atoms with E-state index in [4.69, 9.17) is 0 Å². The zero-order chi connectivity index (χ0) is 13.0. The molecule has 1 aliphatic rings. The lowest BCUT2D eigenvalue weighted by Crippen LogP contribution is -2.41. The maximum Gasteiger partial charge on any atom is 0.311 e. The molecule has 5 nitrogen and oxygen atoms in total. The first-order valence-corrected chi connectivity index (χ1v) is 6.36. The van der Waals surface area contributed by atoms with Crippen LogP contribution in [0.2, 0.25) is 0 Å². The van der Waals surface area contributed by atoms with Gasteiger partial charge in [0, 0.05) is 18.9 Å². The molecule has 0 unspecified atom stereocenters. The number of hydrogen-bond acceptors (Lipinski definition) is 4. The van der Waals surface area contributed by atoms with E-state index in [0.29, 0.717) is 18.3 Å². The van der Waals surface area contributed by atoms with Crippen molar-refractivity contribution in [1.29, 1.82) is 0 Å². The highest BCUT2D eigenvalue weighted by Crippen LogP contribution is 2.39. The second kappa shape index (κ2) is 5.33. The van der Waals surface area contributed by atoms with Crippen LogP contribution in [-0.2, 0) is 4.79 Å². The summed E-state index contributed by atoms with van der Waals surface area (Å²) in [5.74, 6) is 0.566. The lowest BCUT2D eigenvalue weighted by Gasteiger charge is -2.35. The molecular weight excluding hydrogens is 230 g/mol. The van der Waals surface area contributed by atoms with Gasteiger partial charge in [0.25, 0.3) is 0 Å². The van der Waals surface area contributed by atoms with Gasteiger partial charge in [0.1, 0.15) is 5.82 Å². The molecule has 1 heterocycles. The number of hydrogen-bond donors (Lipinski definition) is 2. The summed E-state index contributed by atoms with van der Waals surface area (Å²) in [5, 5.41) is 12.6. The fourth-order valence-corrected chi connectivity index (χ4v) is 2.43. The van der Waals surface area contributed by atoms with E-state index < -0.39 is 11.4 Å². The van der Waals surface area contributed by atoms with Gasteiger partial charge in [-0.05, 0) is 31.6 Å². The predicted octanol–water partition coefficient (Wildman–Crippen LogP) is 2.17. The highest BCUT2D eigenvalue weighted by molar-refractivity contribution is 5.75. The lowest BCUT2D eigenvalue weighted by atomic mass is 9.71. The third kappa shape index (κ3) is 2.78. The summed E-state index contributed by atoms with van der Waals surface area (Å²) in [5.41, 5.74) is -0.649. The molecular formula is C13H19N3O2. The van der Waals surface area contributed by atoms with E-state index in [-0.39, 0.29) is 0 Å². The molecule has 2 rings (SSSR count). The lowest BCUT2D eigenvalue weighted by molar-refractivity contribution is -0.150. The van der Waals surface area contributed by atoms with Gasteiger partial charge in [0.05, 0.1) is 11.6 Å². The van der Waals surface area contributed by atoms with Crippen LogP contribution >= 0.6 is 0 Å². The van der Waals surface area contributed by atoms with Crippen LogP contribution in [0.4, 0.5) is 5.82 Å². The molecule has 0 spiro atoms. The second-order valence-electron chi connectivity index (χ2n) is 5.21.